The van der Waals surface area contributed by atoms with Gasteiger partial charge in [-0.15, -0.1) is 0 Å². The highest BCUT2D eigenvalue weighted by atomic mass is 16.6. The molecule has 0 fully saturated rings. The number of esters is 1. The molecule has 3 aromatic carbocycles. The van der Waals surface area contributed by atoms with E-state index in [1.807, 2.05) is 78.9 Å². The van der Waals surface area contributed by atoms with Gasteiger partial charge in [-0.2, -0.15) is 0 Å². The number of allylic oxidation sites excluding steroid dienone is 2. The zero-order valence-corrected chi connectivity index (χ0v) is 27.1. The van der Waals surface area contributed by atoms with Crippen molar-refractivity contribution in [1.29, 1.82) is 0 Å². The standard InChI is InChI=1S/C38H43N3O7/c1-25-23-47-37(45)34(41-38(46)48-24-33-31-17-10-8-15-29(31)30-16-9-11-18-32(30)33)19-7-3-6-14-27(36(44)39-25)21-35(43)40-28(22-42)20-26-12-4-2-5-13-26/h2-6,8-13,15-18,25,27-28,33-34,42H,7,14,19-24H2,1H3,(H,39,44)(H,40,43)(H,41,46)/t25-,27+,28-,34-/m0/s1. The largest absolute Gasteiger partial charge is 0.462 e. The van der Waals surface area contributed by atoms with Crippen LogP contribution in [0.5, 0.6) is 0 Å². The summed E-state index contributed by atoms with van der Waals surface area (Å²) >= 11 is 0. The monoisotopic (exact) mass is 653 g/mol. The lowest BCUT2D eigenvalue weighted by Gasteiger charge is -2.22. The summed E-state index contributed by atoms with van der Waals surface area (Å²) in [5, 5.41) is 18.2. The normalized spacial score (nSPS) is 20.4. The maximum Gasteiger partial charge on any atom is 0.407 e. The summed E-state index contributed by atoms with van der Waals surface area (Å²) in [4.78, 5) is 52.1. The van der Waals surface area contributed by atoms with E-state index < -0.39 is 36.1 Å². The third-order valence-corrected chi connectivity index (χ3v) is 8.71. The molecule has 1 heterocycles. The van der Waals surface area contributed by atoms with E-state index in [2.05, 4.69) is 28.1 Å². The van der Waals surface area contributed by atoms with Crippen LogP contribution < -0.4 is 16.0 Å². The highest BCUT2D eigenvalue weighted by molar-refractivity contribution is 5.86. The van der Waals surface area contributed by atoms with E-state index in [1.165, 1.54) is 0 Å². The molecule has 4 atom stereocenters. The molecule has 0 saturated heterocycles. The van der Waals surface area contributed by atoms with Gasteiger partial charge in [0.05, 0.1) is 24.6 Å². The molecule has 4 N–H and O–H groups in total. The second-order valence-electron chi connectivity index (χ2n) is 12.4. The number of carbonyl (C=O) groups is 4. The number of aliphatic hydroxyl groups excluding tert-OH is 1. The third kappa shape index (κ3) is 9.10. The second kappa shape index (κ2) is 16.7. The van der Waals surface area contributed by atoms with Crippen molar-refractivity contribution in [3.05, 3.63) is 108 Å². The highest BCUT2D eigenvalue weighted by Gasteiger charge is 2.30. The van der Waals surface area contributed by atoms with E-state index in [0.29, 0.717) is 19.3 Å². The molecule has 2 aliphatic rings. The summed E-state index contributed by atoms with van der Waals surface area (Å²) in [5.74, 6) is -2.08. The molecule has 252 valence electrons. The van der Waals surface area contributed by atoms with Crippen molar-refractivity contribution in [3.8, 4) is 11.1 Å². The molecule has 1 aliphatic carbocycles. The number of benzene rings is 3. The topological polar surface area (TPSA) is 143 Å². The number of hydrogen-bond donors (Lipinski definition) is 4. The first-order valence-electron chi connectivity index (χ1n) is 16.5. The van der Waals surface area contributed by atoms with Gasteiger partial charge in [-0.05, 0) is 60.4 Å². The minimum absolute atomic E-state index is 0.0695. The summed E-state index contributed by atoms with van der Waals surface area (Å²) in [5.41, 5.74) is 5.40. The van der Waals surface area contributed by atoms with Crippen LogP contribution in [0, 0.1) is 5.92 Å². The zero-order chi connectivity index (χ0) is 33.9. The van der Waals surface area contributed by atoms with Crippen LogP contribution in [0.15, 0.2) is 91.0 Å². The first-order valence-corrected chi connectivity index (χ1v) is 16.5. The Labute approximate surface area is 280 Å². The molecule has 0 radical (unpaired) electrons. The maximum absolute atomic E-state index is 13.1. The number of rotatable bonds is 9. The quantitative estimate of drug-likeness (QED) is 0.198. The van der Waals surface area contributed by atoms with E-state index in [0.717, 1.165) is 27.8 Å². The molecule has 0 spiro atoms. The molecule has 3 amide bonds. The van der Waals surface area contributed by atoms with Gasteiger partial charge in [-0.1, -0.05) is 91.0 Å². The molecule has 10 heteroatoms. The smallest absolute Gasteiger partial charge is 0.407 e. The van der Waals surface area contributed by atoms with Crippen LogP contribution in [0.3, 0.4) is 0 Å². The lowest BCUT2D eigenvalue weighted by atomic mass is 9.98. The van der Waals surface area contributed by atoms with E-state index >= 15 is 0 Å². The maximum atomic E-state index is 13.1. The van der Waals surface area contributed by atoms with Gasteiger partial charge in [0.15, 0.2) is 0 Å². The van der Waals surface area contributed by atoms with Gasteiger partial charge in [0.2, 0.25) is 11.8 Å². The van der Waals surface area contributed by atoms with E-state index in [-0.39, 0.29) is 50.4 Å². The Balaban J connectivity index is 1.16. The van der Waals surface area contributed by atoms with Gasteiger partial charge in [0, 0.05) is 12.3 Å². The van der Waals surface area contributed by atoms with Gasteiger partial charge in [-0.3, -0.25) is 9.59 Å². The van der Waals surface area contributed by atoms with Crippen molar-refractivity contribution >= 4 is 23.9 Å². The first-order chi connectivity index (χ1) is 23.3. The number of cyclic esters (lactones) is 1. The predicted octanol–water partition coefficient (Wildman–Crippen LogP) is 4.41. The summed E-state index contributed by atoms with van der Waals surface area (Å²) in [6.45, 7) is 1.48. The average molecular weight is 654 g/mol. The minimum atomic E-state index is -0.949. The Hall–Kier alpha value is -4.96. The highest BCUT2D eigenvalue weighted by Crippen LogP contribution is 2.44. The molecule has 1 aliphatic heterocycles. The Morgan fingerprint density at radius 2 is 1.62 bits per heavy atom. The minimum Gasteiger partial charge on any atom is -0.462 e. The number of ether oxygens (including phenoxy) is 2. The van der Waals surface area contributed by atoms with Crippen LogP contribution in [0.4, 0.5) is 4.79 Å². The van der Waals surface area contributed by atoms with Gasteiger partial charge in [0.25, 0.3) is 0 Å². The van der Waals surface area contributed by atoms with Crippen molar-refractivity contribution in [1.82, 2.24) is 16.0 Å². The van der Waals surface area contributed by atoms with Gasteiger partial charge >= 0.3 is 12.1 Å². The van der Waals surface area contributed by atoms with Crippen LogP contribution in [0.2, 0.25) is 0 Å². The summed E-state index contributed by atoms with van der Waals surface area (Å²) in [6, 6.07) is 23.7. The van der Waals surface area contributed by atoms with E-state index in [9.17, 15) is 24.3 Å². The van der Waals surface area contributed by atoms with E-state index in [1.54, 1.807) is 6.92 Å². The van der Waals surface area contributed by atoms with Crippen LogP contribution in [-0.4, -0.2) is 66.9 Å². The van der Waals surface area contributed by atoms with Crippen LogP contribution >= 0.6 is 0 Å². The van der Waals surface area contributed by atoms with E-state index in [4.69, 9.17) is 9.47 Å². The number of alkyl carbamates (subject to hydrolysis) is 1. The number of nitrogens with one attached hydrogen (secondary N) is 3. The fourth-order valence-corrected chi connectivity index (χ4v) is 6.24. The van der Waals surface area contributed by atoms with Crippen LogP contribution in [0.25, 0.3) is 11.1 Å². The molecule has 3 aromatic rings. The Morgan fingerprint density at radius 1 is 0.958 bits per heavy atom. The fraction of sp³-hybridized carbons (Fsp3) is 0.368. The van der Waals surface area contributed by atoms with Crippen molar-refractivity contribution in [2.75, 3.05) is 19.8 Å². The Morgan fingerprint density at radius 3 is 2.31 bits per heavy atom. The summed E-state index contributed by atoms with van der Waals surface area (Å²) in [6.07, 6.45) is 4.30. The number of carbonyl (C=O) groups excluding carboxylic acids is 4. The number of fused-ring (bicyclic) bond motifs is 3. The molecule has 48 heavy (non-hydrogen) atoms. The van der Waals surface area contributed by atoms with Crippen molar-refractivity contribution in [2.24, 2.45) is 5.92 Å². The lowest BCUT2D eigenvalue weighted by molar-refractivity contribution is -0.147. The zero-order valence-electron chi connectivity index (χ0n) is 27.1. The Kier molecular flexibility index (Phi) is 12.0. The molecule has 10 nitrogen and oxygen atoms in total. The SMILES string of the molecule is C[C@H]1COC(=O)[C@@H](NC(=O)OCC2c3ccccc3-c3ccccc32)CCC=CC[C@H](CC(=O)N[C@H](CO)Cc2ccccc2)C(=O)N1. The Bertz CT molecular complexity index is 1560. The molecule has 0 unspecified atom stereocenters. The molecule has 0 aromatic heterocycles. The molecule has 0 bridgehead atoms. The summed E-state index contributed by atoms with van der Waals surface area (Å²) in [7, 11) is 0. The van der Waals surface area contributed by atoms with Gasteiger partial charge in [-0.25, -0.2) is 9.59 Å². The second-order valence-corrected chi connectivity index (χ2v) is 12.4. The van der Waals surface area contributed by atoms with Crippen molar-refractivity contribution < 1.29 is 33.8 Å². The molecule has 5 rings (SSSR count). The number of hydrogen-bond acceptors (Lipinski definition) is 7. The lowest BCUT2D eigenvalue weighted by Crippen LogP contribution is -2.45. The number of amides is 3. The fourth-order valence-electron chi connectivity index (χ4n) is 6.24. The van der Waals surface area contributed by atoms with Gasteiger partial charge in [0.1, 0.15) is 19.3 Å². The van der Waals surface area contributed by atoms with Crippen molar-refractivity contribution in [3.63, 3.8) is 0 Å². The first kappa shape index (κ1) is 34.4. The molecule has 0 saturated carbocycles. The average Bonchev–Trinajstić information content (AvgIpc) is 3.41. The predicted molar refractivity (Wildman–Crippen MR) is 181 cm³/mol. The van der Waals surface area contributed by atoms with Crippen LogP contribution in [-0.2, 0) is 30.3 Å². The van der Waals surface area contributed by atoms with Crippen LogP contribution in [0.1, 0.15) is 55.2 Å². The third-order valence-electron chi connectivity index (χ3n) is 8.71. The number of aliphatic hydroxyl groups is 1. The van der Waals surface area contributed by atoms with Gasteiger partial charge < -0.3 is 30.5 Å². The molecular formula is C38H43N3O7. The molecular weight excluding hydrogens is 610 g/mol. The van der Waals surface area contributed by atoms with Crippen molar-refractivity contribution in [2.45, 2.75) is 63.1 Å². The summed E-state index contributed by atoms with van der Waals surface area (Å²) < 4.78 is 11.1.